The van der Waals surface area contributed by atoms with E-state index in [0.29, 0.717) is 5.92 Å². The summed E-state index contributed by atoms with van der Waals surface area (Å²) in [6, 6.07) is 8.73. The Bertz CT molecular complexity index is 437. The Morgan fingerprint density at radius 3 is 3.00 bits per heavy atom. The Hall–Kier alpha value is -0.510. The number of aliphatic hydroxyl groups excluding tert-OH is 1. The molecule has 0 saturated heterocycles. The molecule has 0 spiro atoms. The van der Waals surface area contributed by atoms with Gasteiger partial charge in [0.2, 0.25) is 0 Å². The fourth-order valence-electron chi connectivity index (χ4n) is 3.46. The van der Waals surface area contributed by atoms with E-state index in [1.165, 1.54) is 29.7 Å². The van der Waals surface area contributed by atoms with E-state index in [1.54, 1.807) is 0 Å². The third-order valence-electron chi connectivity index (χ3n) is 4.69. The summed E-state index contributed by atoms with van der Waals surface area (Å²) in [4.78, 5) is 1.36. The van der Waals surface area contributed by atoms with Crippen LogP contribution in [0, 0.1) is 12.8 Å². The van der Waals surface area contributed by atoms with Gasteiger partial charge in [-0.15, -0.1) is 11.8 Å². The van der Waals surface area contributed by atoms with Crippen molar-refractivity contribution < 1.29 is 5.11 Å². The van der Waals surface area contributed by atoms with Crippen LogP contribution in [-0.4, -0.2) is 29.5 Å². The van der Waals surface area contributed by atoms with Gasteiger partial charge < -0.3 is 10.4 Å². The molecule has 21 heavy (non-hydrogen) atoms. The van der Waals surface area contributed by atoms with Crippen LogP contribution >= 0.6 is 11.8 Å². The molecular weight excluding hydrogens is 278 g/mol. The molecular formula is C18H29NOS. The number of nitrogens with one attached hydrogen (secondary N) is 1. The van der Waals surface area contributed by atoms with Gasteiger partial charge in [-0.1, -0.05) is 31.0 Å². The van der Waals surface area contributed by atoms with Crippen LogP contribution in [0.3, 0.4) is 0 Å². The molecule has 0 amide bonds. The summed E-state index contributed by atoms with van der Waals surface area (Å²) < 4.78 is 0. The fourth-order valence-corrected chi connectivity index (χ4v) is 4.54. The Balaban J connectivity index is 1.86. The van der Waals surface area contributed by atoms with Gasteiger partial charge in [0.15, 0.2) is 0 Å². The lowest BCUT2D eigenvalue weighted by Crippen LogP contribution is -2.51. The molecule has 2 nitrogen and oxygen atoms in total. The van der Waals surface area contributed by atoms with Crippen LogP contribution in [0.5, 0.6) is 0 Å². The molecule has 2 N–H and O–H groups in total. The first kappa shape index (κ1) is 16.9. The number of aliphatic hydroxyl groups is 1. The highest BCUT2D eigenvalue weighted by atomic mass is 32.2. The van der Waals surface area contributed by atoms with E-state index in [0.717, 1.165) is 25.1 Å². The zero-order valence-corrected chi connectivity index (χ0v) is 14.2. The average molecular weight is 308 g/mol. The number of hydrogen-bond acceptors (Lipinski definition) is 3. The first-order chi connectivity index (χ1) is 10.2. The summed E-state index contributed by atoms with van der Waals surface area (Å²) in [6.45, 7) is 5.64. The van der Waals surface area contributed by atoms with Crippen molar-refractivity contribution >= 4 is 11.8 Å². The standard InChI is InChI=1S/C18H29NOS/c1-3-11-19-18(14-20)10-5-7-16(18)9-12-21-17-8-4-6-15(2)13-17/h4,6,8,13,16,19-20H,3,5,7,9-12,14H2,1-2H3. The molecule has 118 valence electrons. The maximum Gasteiger partial charge on any atom is 0.0616 e. The second-order valence-electron chi connectivity index (χ2n) is 6.28. The minimum atomic E-state index is -0.0107. The summed E-state index contributed by atoms with van der Waals surface area (Å²) >= 11 is 1.95. The molecule has 1 aromatic rings. The molecule has 2 unspecified atom stereocenters. The van der Waals surface area contributed by atoms with Crippen LogP contribution in [0.2, 0.25) is 0 Å². The molecule has 2 atom stereocenters. The molecule has 1 aromatic carbocycles. The van der Waals surface area contributed by atoms with E-state index in [9.17, 15) is 5.11 Å². The normalized spacial score (nSPS) is 25.4. The SMILES string of the molecule is CCCNC1(CO)CCCC1CCSc1cccc(C)c1. The van der Waals surface area contributed by atoms with E-state index in [-0.39, 0.29) is 12.1 Å². The van der Waals surface area contributed by atoms with Crippen molar-refractivity contribution in [2.24, 2.45) is 5.92 Å². The van der Waals surface area contributed by atoms with Gasteiger partial charge in [0.05, 0.1) is 6.61 Å². The minimum Gasteiger partial charge on any atom is -0.394 e. The number of rotatable bonds is 8. The Morgan fingerprint density at radius 1 is 1.43 bits per heavy atom. The van der Waals surface area contributed by atoms with Crippen molar-refractivity contribution in [2.75, 3.05) is 18.9 Å². The van der Waals surface area contributed by atoms with E-state index in [4.69, 9.17) is 0 Å². The maximum absolute atomic E-state index is 9.90. The highest BCUT2D eigenvalue weighted by Gasteiger charge is 2.41. The van der Waals surface area contributed by atoms with Crippen LogP contribution < -0.4 is 5.32 Å². The molecule has 0 radical (unpaired) electrons. The summed E-state index contributed by atoms with van der Waals surface area (Å²) in [5.41, 5.74) is 1.32. The molecule has 1 aliphatic carbocycles. The first-order valence-corrected chi connectivity index (χ1v) is 9.24. The topological polar surface area (TPSA) is 32.3 Å². The van der Waals surface area contributed by atoms with Crippen LogP contribution in [-0.2, 0) is 0 Å². The van der Waals surface area contributed by atoms with Gasteiger partial charge in [-0.05, 0) is 63.0 Å². The second kappa shape index (κ2) is 8.21. The molecule has 3 heteroatoms. The predicted molar refractivity (Wildman–Crippen MR) is 92.0 cm³/mol. The van der Waals surface area contributed by atoms with Crippen molar-refractivity contribution in [1.82, 2.24) is 5.32 Å². The average Bonchev–Trinajstić information content (AvgIpc) is 2.89. The number of thioether (sulfide) groups is 1. The molecule has 0 heterocycles. The van der Waals surface area contributed by atoms with Crippen LogP contribution in [0.25, 0.3) is 0 Å². The lowest BCUT2D eigenvalue weighted by atomic mass is 9.85. The van der Waals surface area contributed by atoms with E-state index in [1.807, 2.05) is 11.8 Å². The Labute approximate surface area is 133 Å². The largest absolute Gasteiger partial charge is 0.394 e. The van der Waals surface area contributed by atoms with Crippen molar-refractivity contribution in [3.63, 3.8) is 0 Å². The van der Waals surface area contributed by atoms with E-state index < -0.39 is 0 Å². The van der Waals surface area contributed by atoms with Crippen molar-refractivity contribution in [1.29, 1.82) is 0 Å². The third kappa shape index (κ3) is 4.48. The van der Waals surface area contributed by atoms with Gasteiger partial charge in [-0.3, -0.25) is 0 Å². The van der Waals surface area contributed by atoms with Crippen LogP contribution in [0.15, 0.2) is 29.2 Å². The zero-order valence-electron chi connectivity index (χ0n) is 13.4. The highest BCUT2D eigenvalue weighted by Crippen LogP contribution is 2.39. The van der Waals surface area contributed by atoms with Gasteiger partial charge in [0.25, 0.3) is 0 Å². The maximum atomic E-state index is 9.90. The van der Waals surface area contributed by atoms with Gasteiger partial charge in [0.1, 0.15) is 0 Å². The monoisotopic (exact) mass is 307 g/mol. The van der Waals surface area contributed by atoms with Gasteiger partial charge in [-0.25, -0.2) is 0 Å². The van der Waals surface area contributed by atoms with Gasteiger partial charge in [-0.2, -0.15) is 0 Å². The lowest BCUT2D eigenvalue weighted by Gasteiger charge is -2.35. The predicted octanol–water partition coefficient (Wildman–Crippen LogP) is 4.01. The number of hydrogen-bond donors (Lipinski definition) is 2. The van der Waals surface area contributed by atoms with Crippen LogP contribution in [0.1, 0.15) is 44.6 Å². The summed E-state index contributed by atoms with van der Waals surface area (Å²) in [5, 5.41) is 13.5. The molecule has 0 aromatic heterocycles. The quantitative estimate of drug-likeness (QED) is 0.712. The highest BCUT2D eigenvalue weighted by molar-refractivity contribution is 7.99. The molecule has 0 bridgehead atoms. The second-order valence-corrected chi connectivity index (χ2v) is 7.45. The summed E-state index contributed by atoms with van der Waals surface area (Å²) in [5.74, 6) is 1.76. The summed E-state index contributed by atoms with van der Waals surface area (Å²) in [7, 11) is 0. The Morgan fingerprint density at radius 2 is 2.29 bits per heavy atom. The molecule has 1 fully saturated rings. The molecule has 0 aliphatic heterocycles. The molecule has 1 aliphatic rings. The van der Waals surface area contributed by atoms with Crippen molar-refractivity contribution in [2.45, 2.75) is 56.4 Å². The molecule has 2 rings (SSSR count). The lowest BCUT2D eigenvalue weighted by molar-refractivity contribution is 0.122. The first-order valence-electron chi connectivity index (χ1n) is 8.25. The van der Waals surface area contributed by atoms with Gasteiger partial charge >= 0.3 is 0 Å². The summed E-state index contributed by atoms with van der Waals surface area (Å²) in [6.07, 6.45) is 5.95. The van der Waals surface area contributed by atoms with Crippen LogP contribution in [0.4, 0.5) is 0 Å². The third-order valence-corrected chi connectivity index (χ3v) is 5.72. The number of aryl methyl sites for hydroxylation is 1. The van der Waals surface area contributed by atoms with Crippen molar-refractivity contribution in [3.8, 4) is 0 Å². The van der Waals surface area contributed by atoms with Crippen molar-refractivity contribution in [3.05, 3.63) is 29.8 Å². The fraction of sp³-hybridized carbons (Fsp3) is 0.667. The smallest absolute Gasteiger partial charge is 0.0616 e. The van der Waals surface area contributed by atoms with E-state index >= 15 is 0 Å². The van der Waals surface area contributed by atoms with E-state index in [2.05, 4.69) is 43.4 Å². The zero-order chi connectivity index (χ0) is 15.1. The van der Waals surface area contributed by atoms with Gasteiger partial charge in [0, 0.05) is 10.4 Å². The minimum absolute atomic E-state index is 0.0107. The Kier molecular flexibility index (Phi) is 6.59. The molecule has 1 saturated carbocycles. The number of benzene rings is 1.